The van der Waals surface area contributed by atoms with E-state index >= 15 is 0 Å². The third kappa shape index (κ3) is 6.44. The lowest BCUT2D eigenvalue weighted by Gasteiger charge is -2.25. The van der Waals surface area contributed by atoms with Crippen LogP contribution in [-0.2, 0) is 4.74 Å². The standard InChI is InChI=1S/C19H31N3O2S/c1-15(13-25-17-9-6-5-8-16(17)23-4)12-21-18(20-3)22-14-19(2)10-7-11-24-19/h5-6,8-9,15H,7,10-14H2,1-4H3,(H2,20,21,22). The fourth-order valence-electron chi connectivity index (χ4n) is 2.77. The lowest BCUT2D eigenvalue weighted by Crippen LogP contribution is -2.46. The van der Waals surface area contributed by atoms with E-state index in [1.807, 2.05) is 30.0 Å². The average Bonchev–Trinajstić information content (AvgIpc) is 3.07. The van der Waals surface area contributed by atoms with E-state index in [1.165, 1.54) is 4.90 Å². The molecule has 0 amide bonds. The Kier molecular flexibility index (Phi) is 7.90. The summed E-state index contributed by atoms with van der Waals surface area (Å²) < 4.78 is 11.2. The summed E-state index contributed by atoms with van der Waals surface area (Å²) in [5.41, 5.74) is -0.0665. The molecule has 140 valence electrons. The molecule has 1 saturated heterocycles. The second-order valence-electron chi connectivity index (χ2n) is 6.78. The molecule has 6 heteroatoms. The van der Waals surface area contributed by atoms with E-state index in [0.29, 0.717) is 5.92 Å². The van der Waals surface area contributed by atoms with Crippen LogP contribution in [0, 0.1) is 5.92 Å². The van der Waals surface area contributed by atoms with E-state index in [-0.39, 0.29) is 5.60 Å². The van der Waals surface area contributed by atoms with Crippen LogP contribution in [0.4, 0.5) is 0 Å². The number of rotatable bonds is 8. The summed E-state index contributed by atoms with van der Waals surface area (Å²) in [7, 11) is 3.52. The third-order valence-corrected chi connectivity index (χ3v) is 5.75. The highest BCUT2D eigenvalue weighted by molar-refractivity contribution is 7.99. The van der Waals surface area contributed by atoms with Gasteiger partial charge in [0, 0.05) is 37.4 Å². The molecule has 2 N–H and O–H groups in total. The lowest BCUT2D eigenvalue weighted by atomic mass is 10.0. The second-order valence-corrected chi connectivity index (χ2v) is 7.84. The zero-order chi connectivity index (χ0) is 18.1. The number of thioether (sulfide) groups is 1. The molecular formula is C19H31N3O2S. The van der Waals surface area contributed by atoms with Crippen LogP contribution in [-0.4, -0.2) is 51.2 Å². The first-order valence-corrected chi connectivity index (χ1v) is 9.89. The number of aliphatic imine (C=N–C) groups is 1. The normalized spacial score (nSPS) is 21.8. The van der Waals surface area contributed by atoms with Gasteiger partial charge in [0.15, 0.2) is 5.96 Å². The largest absolute Gasteiger partial charge is 0.496 e. The fraction of sp³-hybridized carbons (Fsp3) is 0.632. The molecule has 1 aliphatic heterocycles. The number of nitrogens with one attached hydrogen (secondary N) is 2. The Balaban J connectivity index is 1.71. The van der Waals surface area contributed by atoms with Gasteiger partial charge in [0.25, 0.3) is 0 Å². The number of para-hydroxylation sites is 1. The van der Waals surface area contributed by atoms with Gasteiger partial charge < -0.3 is 20.1 Å². The van der Waals surface area contributed by atoms with E-state index in [1.54, 1.807) is 14.2 Å². The van der Waals surface area contributed by atoms with Gasteiger partial charge in [-0.2, -0.15) is 0 Å². The molecule has 2 atom stereocenters. The molecule has 0 saturated carbocycles. The van der Waals surface area contributed by atoms with Crippen molar-refractivity contribution in [1.29, 1.82) is 0 Å². The van der Waals surface area contributed by atoms with Gasteiger partial charge in [-0.15, -0.1) is 11.8 Å². The molecule has 0 bridgehead atoms. The number of benzene rings is 1. The van der Waals surface area contributed by atoms with Gasteiger partial charge in [0.2, 0.25) is 0 Å². The quantitative estimate of drug-likeness (QED) is 0.421. The number of guanidine groups is 1. The minimum absolute atomic E-state index is 0.0665. The maximum absolute atomic E-state index is 5.81. The topological polar surface area (TPSA) is 54.9 Å². The van der Waals surface area contributed by atoms with E-state index in [2.05, 4.69) is 35.5 Å². The Morgan fingerprint density at radius 2 is 2.20 bits per heavy atom. The summed E-state index contributed by atoms with van der Waals surface area (Å²) in [5.74, 6) is 3.30. The molecule has 2 unspecified atom stereocenters. The molecule has 25 heavy (non-hydrogen) atoms. The number of hydrogen-bond acceptors (Lipinski definition) is 4. The van der Waals surface area contributed by atoms with Crippen molar-refractivity contribution in [2.24, 2.45) is 10.9 Å². The SMILES string of the molecule is CN=C(NCC(C)CSc1ccccc1OC)NCC1(C)CCCO1. The van der Waals surface area contributed by atoms with Gasteiger partial charge in [-0.25, -0.2) is 0 Å². The highest BCUT2D eigenvalue weighted by Gasteiger charge is 2.29. The smallest absolute Gasteiger partial charge is 0.191 e. The molecular weight excluding hydrogens is 334 g/mol. The van der Waals surface area contributed by atoms with E-state index in [9.17, 15) is 0 Å². The number of methoxy groups -OCH3 is 1. The van der Waals surface area contributed by atoms with Crippen LogP contribution in [0.15, 0.2) is 34.2 Å². The molecule has 0 aliphatic carbocycles. The van der Waals surface area contributed by atoms with Crippen molar-refractivity contribution < 1.29 is 9.47 Å². The molecule has 1 aliphatic rings. The van der Waals surface area contributed by atoms with Gasteiger partial charge in [-0.05, 0) is 37.8 Å². The van der Waals surface area contributed by atoms with Gasteiger partial charge in [-0.3, -0.25) is 4.99 Å². The van der Waals surface area contributed by atoms with Gasteiger partial charge >= 0.3 is 0 Å². The molecule has 5 nitrogen and oxygen atoms in total. The van der Waals surface area contributed by atoms with Crippen molar-refractivity contribution in [2.45, 2.75) is 37.2 Å². The van der Waals surface area contributed by atoms with Crippen molar-refractivity contribution in [3.8, 4) is 5.75 Å². The Morgan fingerprint density at radius 1 is 1.40 bits per heavy atom. The molecule has 1 aromatic carbocycles. The Hall–Kier alpha value is -1.40. The summed E-state index contributed by atoms with van der Waals surface area (Å²) in [4.78, 5) is 5.50. The van der Waals surface area contributed by atoms with Crippen molar-refractivity contribution in [3.63, 3.8) is 0 Å². The molecule has 0 spiro atoms. The first kappa shape index (κ1) is 19.9. The monoisotopic (exact) mass is 365 g/mol. The summed E-state index contributed by atoms with van der Waals surface area (Å²) in [6.45, 7) is 6.93. The van der Waals surface area contributed by atoms with Crippen molar-refractivity contribution in [1.82, 2.24) is 10.6 Å². The summed E-state index contributed by atoms with van der Waals surface area (Å²) in [6, 6.07) is 8.15. The van der Waals surface area contributed by atoms with Crippen LogP contribution in [0.1, 0.15) is 26.7 Å². The molecule has 0 aromatic heterocycles. The van der Waals surface area contributed by atoms with Gasteiger partial charge in [-0.1, -0.05) is 19.1 Å². The second kappa shape index (κ2) is 9.92. The summed E-state index contributed by atoms with van der Waals surface area (Å²) in [5, 5.41) is 6.80. The van der Waals surface area contributed by atoms with Crippen LogP contribution in [0.5, 0.6) is 5.75 Å². The van der Waals surface area contributed by atoms with E-state index < -0.39 is 0 Å². The van der Waals surface area contributed by atoms with Crippen LogP contribution in [0.2, 0.25) is 0 Å². The predicted molar refractivity (Wildman–Crippen MR) is 106 cm³/mol. The Morgan fingerprint density at radius 3 is 2.88 bits per heavy atom. The van der Waals surface area contributed by atoms with Crippen molar-refractivity contribution >= 4 is 17.7 Å². The summed E-state index contributed by atoms with van der Waals surface area (Å²) >= 11 is 1.83. The highest BCUT2D eigenvalue weighted by Crippen LogP contribution is 2.29. The minimum atomic E-state index is -0.0665. The lowest BCUT2D eigenvalue weighted by molar-refractivity contribution is 0.0243. The average molecular weight is 366 g/mol. The zero-order valence-corrected chi connectivity index (χ0v) is 16.6. The van der Waals surface area contributed by atoms with Crippen molar-refractivity contribution in [3.05, 3.63) is 24.3 Å². The Labute approximate surface area is 156 Å². The molecule has 2 rings (SSSR count). The maximum atomic E-state index is 5.81. The van der Waals surface area contributed by atoms with Crippen LogP contribution < -0.4 is 15.4 Å². The van der Waals surface area contributed by atoms with Crippen LogP contribution in [0.3, 0.4) is 0 Å². The number of ether oxygens (including phenoxy) is 2. The number of nitrogens with zero attached hydrogens (tertiary/aromatic N) is 1. The molecule has 1 fully saturated rings. The first-order valence-electron chi connectivity index (χ1n) is 8.90. The van der Waals surface area contributed by atoms with Crippen molar-refractivity contribution in [2.75, 3.05) is 39.6 Å². The predicted octanol–water partition coefficient (Wildman–Crippen LogP) is 3.16. The molecule has 1 heterocycles. The minimum Gasteiger partial charge on any atom is -0.496 e. The van der Waals surface area contributed by atoms with Crippen LogP contribution >= 0.6 is 11.8 Å². The van der Waals surface area contributed by atoms with E-state index in [4.69, 9.17) is 9.47 Å². The number of hydrogen-bond donors (Lipinski definition) is 2. The molecule has 0 radical (unpaired) electrons. The first-order chi connectivity index (χ1) is 12.1. The zero-order valence-electron chi connectivity index (χ0n) is 15.8. The fourth-order valence-corrected chi connectivity index (χ4v) is 3.82. The van der Waals surface area contributed by atoms with Gasteiger partial charge in [0.1, 0.15) is 5.75 Å². The van der Waals surface area contributed by atoms with Crippen LogP contribution in [0.25, 0.3) is 0 Å². The Bertz CT molecular complexity index is 559. The maximum Gasteiger partial charge on any atom is 0.191 e. The van der Waals surface area contributed by atoms with Gasteiger partial charge in [0.05, 0.1) is 12.7 Å². The highest BCUT2D eigenvalue weighted by atomic mass is 32.2. The molecule has 1 aromatic rings. The van der Waals surface area contributed by atoms with E-state index in [0.717, 1.165) is 50.0 Å². The summed E-state index contributed by atoms with van der Waals surface area (Å²) in [6.07, 6.45) is 2.24. The third-order valence-electron chi connectivity index (χ3n) is 4.36.